The Morgan fingerprint density at radius 2 is 1.97 bits per heavy atom. The van der Waals surface area contributed by atoms with Crippen LogP contribution in [0.5, 0.6) is 11.6 Å². The Labute approximate surface area is 179 Å². The molecule has 7 heteroatoms. The van der Waals surface area contributed by atoms with Crippen LogP contribution >= 0.6 is 11.8 Å². The summed E-state index contributed by atoms with van der Waals surface area (Å²) in [6.07, 6.45) is 2.48. The Kier molecular flexibility index (Phi) is 5.72. The van der Waals surface area contributed by atoms with Gasteiger partial charge in [0.05, 0.1) is 5.54 Å². The van der Waals surface area contributed by atoms with Crippen LogP contribution in [-0.4, -0.2) is 21.8 Å². The van der Waals surface area contributed by atoms with E-state index in [9.17, 15) is 4.79 Å². The van der Waals surface area contributed by atoms with E-state index in [0.717, 1.165) is 17.7 Å². The Bertz CT molecular complexity index is 1090. The number of anilines is 1. The maximum absolute atomic E-state index is 13.0. The largest absolute Gasteiger partial charge is 0.438 e. The summed E-state index contributed by atoms with van der Waals surface area (Å²) >= 11 is 1.57. The average Bonchev–Trinajstić information content (AvgIpc) is 2.75. The van der Waals surface area contributed by atoms with Crippen molar-refractivity contribution in [2.75, 3.05) is 11.1 Å². The van der Waals surface area contributed by atoms with Crippen molar-refractivity contribution >= 4 is 28.5 Å². The molecule has 152 valence electrons. The summed E-state index contributed by atoms with van der Waals surface area (Å²) in [5.41, 5.74) is 7.59. The molecule has 0 bridgehead atoms. The van der Waals surface area contributed by atoms with E-state index in [-0.39, 0.29) is 11.8 Å². The highest BCUT2D eigenvalue weighted by atomic mass is 32.2. The van der Waals surface area contributed by atoms with Gasteiger partial charge < -0.3 is 15.8 Å². The molecule has 0 radical (unpaired) electrons. The second-order valence-corrected chi connectivity index (χ2v) is 8.24. The first-order valence-electron chi connectivity index (χ1n) is 9.61. The average molecular weight is 419 g/mol. The van der Waals surface area contributed by atoms with Gasteiger partial charge >= 0.3 is 0 Å². The highest BCUT2D eigenvalue weighted by Crippen LogP contribution is 2.36. The quantitative estimate of drug-likeness (QED) is 0.622. The second-order valence-electron chi connectivity index (χ2n) is 7.13. The number of thioether (sulfide) groups is 1. The number of amidine groups is 1. The van der Waals surface area contributed by atoms with E-state index in [2.05, 4.69) is 22.2 Å². The molecular formula is C23H22N4O2S. The number of para-hydroxylation sites is 1. The summed E-state index contributed by atoms with van der Waals surface area (Å²) in [5, 5.41) is 3.54. The number of pyridine rings is 1. The normalized spacial score (nSPS) is 18.4. The van der Waals surface area contributed by atoms with Crippen LogP contribution in [0.15, 0.2) is 77.9 Å². The summed E-state index contributed by atoms with van der Waals surface area (Å²) in [6.45, 7) is 2.06. The molecule has 0 saturated carbocycles. The molecule has 1 aliphatic rings. The molecule has 30 heavy (non-hydrogen) atoms. The zero-order valence-electron chi connectivity index (χ0n) is 16.5. The number of rotatable bonds is 5. The number of nitrogens with zero attached hydrogens (tertiary/aromatic N) is 2. The molecule has 4 rings (SSSR count). The number of carbonyl (C=O) groups is 1. The van der Waals surface area contributed by atoms with Gasteiger partial charge in [-0.05, 0) is 55.3 Å². The van der Waals surface area contributed by atoms with Crippen LogP contribution in [0.25, 0.3) is 0 Å². The zero-order valence-corrected chi connectivity index (χ0v) is 17.4. The van der Waals surface area contributed by atoms with Gasteiger partial charge in [0.15, 0.2) is 5.17 Å². The Hall–Kier alpha value is -3.32. The molecule has 3 N–H and O–H groups in total. The number of benzene rings is 2. The predicted molar refractivity (Wildman–Crippen MR) is 121 cm³/mol. The first-order chi connectivity index (χ1) is 14.5. The molecule has 0 fully saturated rings. The van der Waals surface area contributed by atoms with Gasteiger partial charge in [-0.3, -0.25) is 9.79 Å². The minimum absolute atomic E-state index is 0.256. The summed E-state index contributed by atoms with van der Waals surface area (Å²) < 4.78 is 5.81. The summed E-state index contributed by atoms with van der Waals surface area (Å²) in [6, 6.07) is 20.4. The minimum Gasteiger partial charge on any atom is -0.438 e. The van der Waals surface area contributed by atoms with Crippen molar-refractivity contribution in [3.63, 3.8) is 0 Å². The van der Waals surface area contributed by atoms with E-state index < -0.39 is 5.54 Å². The molecule has 3 aromatic rings. The third-order valence-corrected chi connectivity index (χ3v) is 5.71. The number of aromatic nitrogens is 1. The topological polar surface area (TPSA) is 89.6 Å². The summed E-state index contributed by atoms with van der Waals surface area (Å²) in [7, 11) is 0. The fourth-order valence-corrected chi connectivity index (χ4v) is 4.24. The van der Waals surface area contributed by atoms with E-state index in [1.54, 1.807) is 30.1 Å². The lowest BCUT2D eigenvalue weighted by Crippen LogP contribution is -2.28. The van der Waals surface area contributed by atoms with E-state index >= 15 is 0 Å². The van der Waals surface area contributed by atoms with Gasteiger partial charge in [0.2, 0.25) is 5.88 Å². The van der Waals surface area contributed by atoms with Crippen molar-refractivity contribution in [1.82, 2.24) is 4.98 Å². The van der Waals surface area contributed by atoms with Crippen molar-refractivity contribution in [3.05, 3.63) is 84.1 Å². The number of hydrogen-bond acceptors (Lipinski definition) is 6. The van der Waals surface area contributed by atoms with Crippen LogP contribution in [0.4, 0.5) is 5.69 Å². The SMILES string of the molecule is CC1(c2cccc(NC(=O)c3cccnc3Oc3ccccc3)c2)CCSC(N)=N1. The van der Waals surface area contributed by atoms with Crippen molar-refractivity contribution in [1.29, 1.82) is 0 Å². The van der Waals surface area contributed by atoms with Crippen molar-refractivity contribution < 1.29 is 9.53 Å². The molecule has 0 spiro atoms. The molecule has 6 nitrogen and oxygen atoms in total. The fraction of sp³-hybridized carbons (Fsp3) is 0.174. The highest BCUT2D eigenvalue weighted by Gasteiger charge is 2.29. The van der Waals surface area contributed by atoms with Crippen LogP contribution in [0, 0.1) is 0 Å². The maximum atomic E-state index is 13.0. The Morgan fingerprint density at radius 1 is 1.13 bits per heavy atom. The molecule has 1 amide bonds. The first kappa shape index (κ1) is 20.0. The molecule has 1 unspecified atom stereocenters. The van der Waals surface area contributed by atoms with Crippen LogP contribution in [0.2, 0.25) is 0 Å². The molecule has 2 heterocycles. The van der Waals surface area contributed by atoms with Crippen molar-refractivity contribution in [2.24, 2.45) is 10.7 Å². The number of amides is 1. The highest BCUT2D eigenvalue weighted by molar-refractivity contribution is 8.13. The third kappa shape index (κ3) is 4.46. The van der Waals surface area contributed by atoms with Crippen LogP contribution in [0.1, 0.15) is 29.3 Å². The number of hydrogen-bond donors (Lipinski definition) is 2. The monoisotopic (exact) mass is 418 g/mol. The van der Waals surface area contributed by atoms with Gasteiger partial charge in [0.1, 0.15) is 11.3 Å². The zero-order chi connectivity index (χ0) is 21.0. The van der Waals surface area contributed by atoms with Crippen LogP contribution < -0.4 is 15.8 Å². The number of carbonyl (C=O) groups excluding carboxylic acids is 1. The molecular weight excluding hydrogens is 396 g/mol. The van der Waals surface area contributed by atoms with Gasteiger partial charge in [0, 0.05) is 17.6 Å². The third-order valence-electron chi connectivity index (χ3n) is 4.91. The predicted octanol–water partition coefficient (Wildman–Crippen LogP) is 4.79. The van der Waals surface area contributed by atoms with E-state index in [4.69, 9.17) is 10.5 Å². The molecule has 0 aliphatic carbocycles. The molecule has 1 aliphatic heterocycles. The molecule has 2 aromatic carbocycles. The van der Waals surface area contributed by atoms with E-state index in [1.165, 1.54) is 0 Å². The lowest BCUT2D eigenvalue weighted by molar-refractivity contribution is 0.102. The standard InChI is InChI=1S/C23H22N4O2S/c1-23(12-14-30-22(24)27-23)16-7-5-8-17(15-16)26-20(28)19-11-6-13-25-21(19)29-18-9-3-2-4-10-18/h2-11,13,15H,12,14H2,1H3,(H2,24,27)(H,26,28). The van der Waals surface area contributed by atoms with Gasteiger partial charge in [-0.25, -0.2) is 4.98 Å². The van der Waals surface area contributed by atoms with E-state index in [1.807, 2.05) is 54.6 Å². The first-order valence-corrected chi connectivity index (χ1v) is 10.6. The molecule has 1 aromatic heterocycles. The van der Waals surface area contributed by atoms with Crippen molar-refractivity contribution in [2.45, 2.75) is 18.9 Å². The summed E-state index contributed by atoms with van der Waals surface area (Å²) in [4.78, 5) is 21.8. The van der Waals surface area contributed by atoms with Gasteiger partial charge in [-0.15, -0.1) is 0 Å². The lowest BCUT2D eigenvalue weighted by atomic mass is 9.89. The van der Waals surface area contributed by atoms with Crippen molar-refractivity contribution in [3.8, 4) is 11.6 Å². The minimum atomic E-state index is -0.397. The maximum Gasteiger partial charge on any atom is 0.261 e. The van der Waals surface area contributed by atoms with Gasteiger partial charge in [0.25, 0.3) is 5.91 Å². The lowest BCUT2D eigenvalue weighted by Gasteiger charge is -2.30. The van der Waals surface area contributed by atoms with E-state index in [0.29, 0.717) is 22.2 Å². The Morgan fingerprint density at radius 3 is 2.77 bits per heavy atom. The van der Waals surface area contributed by atoms with Crippen LogP contribution in [-0.2, 0) is 5.54 Å². The Balaban J connectivity index is 1.56. The molecule has 0 saturated heterocycles. The fourth-order valence-electron chi connectivity index (χ4n) is 3.27. The smallest absolute Gasteiger partial charge is 0.261 e. The summed E-state index contributed by atoms with van der Waals surface area (Å²) in [5.74, 6) is 1.49. The van der Waals surface area contributed by atoms with Crippen LogP contribution in [0.3, 0.4) is 0 Å². The molecule has 1 atom stereocenters. The second kappa shape index (κ2) is 8.59. The number of aliphatic imine (C=N–C) groups is 1. The van der Waals surface area contributed by atoms with Gasteiger partial charge in [-0.2, -0.15) is 0 Å². The van der Waals surface area contributed by atoms with Gasteiger partial charge in [-0.1, -0.05) is 42.1 Å². The number of nitrogens with two attached hydrogens (primary N) is 1. The number of ether oxygens (including phenoxy) is 1. The number of nitrogens with one attached hydrogen (secondary N) is 1.